The van der Waals surface area contributed by atoms with E-state index in [1.54, 1.807) is 6.07 Å². The van der Waals surface area contributed by atoms with Crippen molar-refractivity contribution in [3.05, 3.63) is 59.2 Å². The summed E-state index contributed by atoms with van der Waals surface area (Å²) in [6, 6.07) is 7.42. The van der Waals surface area contributed by atoms with Crippen LogP contribution in [0.4, 0.5) is 8.78 Å². The number of hydrogen-bond donors (Lipinski definition) is 0. The van der Waals surface area contributed by atoms with Crippen molar-refractivity contribution in [2.75, 3.05) is 0 Å². The normalized spacial score (nSPS) is 25.2. The van der Waals surface area contributed by atoms with E-state index in [-0.39, 0.29) is 17.1 Å². The summed E-state index contributed by atoms with van der Waals surface area (Å²) in [5, 5.41) is 0.894. The van der Waals surface area contributed by atoms with E-state index in [4.69, 9.17) is 0 Å². The predicted molar refractivity (Wildman–Crippen MR) is 141 cm³/mol. The maximum atomic E-state index is 15.6. The molecule has 186 valence electrons. The van der Waals surface area contributed by atoms with Gasteiger partial charge in [-0.1, -0.05) is 82.2 Å². The zero-order chi connectivity index (χ0) is 23.9. The third-order valence-corrected chi connectivity index (χ3v) is 8.81. The van der Waals surface area contributed by atoms with Gasteiger partial charge in [0.1, 0.15) is 11.6 Å². The number of halogens is 2. The van der Waals surface area contributed by atoms with Crippen LogP contribution in [0.15, 0.2) is 36.4 Å². The molecule has 0 amide bonds. The highest BCUT2D eigenvalue weighted by Crippen LogP contribution is 2.49. The molecule has 0 saturated heterocycles. The Kier molecular flexibility index (Phi) is 9.20. The molecule has 2 heteroatoms. The van der Waals surface area contributed by atoms with Gasteiger partial charge in [-0.2, -0.15) is 0 Å². The average molecular weight is 467 g/mol. The van der Waals surface area contributed by atoms with Crippen molar-refractivity contribution < 1.29 is 8.78 Å². The first-order chi connectivity index (χ1) is 16.6. The molecule has 0 nitrogen and oxygen atoms in total. The van der Waals surface area contributed by atoms with Crippen molar-refractivity contribution in [2.24, 2.45) is 17.8 Å². The summed E-state index contributed by atoms with van der Waals surface area (Å²) in [6.07, 6.45) is 21.5. The largest absolute Gasteiger partial charge is 0.206 e. The molecule has 2 saturated carbocycles. The third-order valence-electron chi connectivity index (χ3n) is 8.81. The quantitative estimate of drug-likeness (QED) is 0.241. The molecule has 4 atom stereocenters. The summed E-state index contributed by atoms with van der Waals surface area (Å²) in [5.74, 6) is 1.99. The number of unbranched alkanes of at least 4 members (excludes halogenated alkanes) is 4. The van der Waals surface area contributed by atoms with Crippen molar-refractivity contribution in [2.45, 2.75) is 110 Å². The second kappa shape index (κ2) is 12.3. The summed E-state index contributed by atoms with van der Waals surface area (Å²) in [4.78, 5) is 0. The van der Waals surface area contributed by atoms with Gasteiger partial charge >= 0.3 is 0 Å². The molecular weight excluding hydrogens is 422 g/mol. The van der Waals surface area contributed by atoms with Crippen LogP contribution in [-0.2, 0) is 6.42 Å². The van der Waals surface area contributed by atoms with Crippen LogP contribution in [0.3, 0.4) is 0 Å². The Morgan fingerprint density at radius 1 is 0.912 bits per heavy atom. The average Bonchev–Trinajstić information content (AvgIpc) is 2.84. The lowest BCUT2D eigenvalue weighted by molar-refractivity contribution is 0.112. The van der Waals surface area contributed by atoms with Crippen molar-refractivity contribution in [3.63, 3.8) is 0 Å². The Labute approximate surface area is 206 Å². The van der Waals surface area contributed by atoms with E-state index in [1.807, 2.05) is 31.2 Å². The smallest absolute Gasteiger partial charge is 0.137 e. The Morgan fingerprint density at radius 3 is 2.53 bits per heavy atom. The van der Waals surface area contributed by atoms with Gasteiger partial charge in [0.15, 0.2) is 0 Å². The molecule has 0 bridgehead atoms. The first kappa shape index (κ1) is 25.4. The number of hydrogen-bond acceptors (Lipinski definition) is 0. The Morgan fingerprint density at radius 2 is 1.71 bits per heavy atom. The minimum Gasteiger partial charge on any atom is -0.206 e. The second-order valence-corrected chi connectivity index (χ2v) is 11.2. The van der Waals surface area contributed by atoms with Crippen molar-refractivity contribution >= 4 is 10.8 Å². The highest BCUT2D eigenvalue weighted by molar-refractivity contribution is 5.85. The number of aryl methyl sites for hydroxylation is 1. The van der Waals surface area contributed by atoms with Crippen LogP contribution in [0.1, 0.15) is 114 Å². The molecule has 2 aromatic rings. The molecule has 34 heavy (non-hydrogen) atoms. The fourth-order valence-corrected chi connectivity index (χ4v) is 6.89. The Balaban J connectivity index is 1.38. The molecule has 0 spiro atoms. The molecule has 0 heterocycles. The van der Waals surface area contributed by atoms with Gasteiger partial charge in [0.2, 0.25) is 0 Å². The summed E-state index contributed by atoms with van der Waals surface area (Å²) in [5.41, 5.74) is 1.70. The van der Waals surface area contributed by atoms with E-state index in [0.29, 0.717) is 5.39 Å². The SMILES string of the molecule is CC=CCCc1cc(F)c2c(F)c(C3CCC4CC(CCCCCCC)CCC4C3)ccc2c1. The molecule has 2 aliphatic carbocycles. The lowest BCUT2D eigenvalue weighted by Crippen LogP contribution is -2.30. The lowest BCUT2D eigenvalue weighted by Gasteiger charge is -2.42. The van der Waals surface area contributed by atoms with Crippen molar-refractivity contribution in [1.29, 1.82) is 0 Å². The first-order valence-electron chi connectivity index (χ1n) is 14.1. The molecular formula is C32H44F2. The van der Waals surface area contributed by atoms with E-state index in [0.717, 1.165) is 54.6 Å². The van der Waals surface area contributed by atoms with Gasteiger partial charge in [0, 0.05) is 0 Å². The van der Waals surface area contributed by atoms with Gasteiger partial charge in [-0.15, -0.1) is 0 Å². The van der Waals surface area contributed by atoms with Crippen molar-refractivity contribution in [1.82, 2.24) is 0 Å². The molecule has 0 N–H and O–H groups in total. The number of rotatable bonds is 10. The van der Waals surface area contributed by atoms with Gasteiger partial charge in [0.05, 0.1) is 5.39 Å². The standard InChI is InChI=1S/C32H44F2/c1-3-5-7-8-10-11-23-13-14-26-22-27(16-15-25(26)19-23)29-18-17-28-20-24(12-9-6-4-2)21-30(33)31(28)32(29)34/h4,6,17-18,20-21,23,25-27H,3,5,7-16,19,22H2,1-2H3. The fraction of sp³-hybridized carbons (Fsp3) is 0.625. The maximum Gasteiger partial charge on any atom is 0.137 e. The van der Waals surface area contributed by atoms with Crippen LogP contribution in [-0.4, -0.2) is 0 Å². The van der Waals surface area contributed by atoms with Gasteiger partial charge in [-0.05, 0) is 98.1 Å². The lowest BCUT2D eigenvalue weighted by atomic mass is 9.63. The highest BCUT2D eigenvalue weighted by Gasteiger charge is 2.36. The minimum atomic E-state index is -0.402. The topological polar surface area (TPSA) is 0 Å². The second-order valence-electron chi connectivity index (χ2n) is 11.2. The maximum absolute atomic E-state index is 15.6. The van der Waals surface area contributed by atoms with Crippen LogP contribution >= 0.6 is 0 Å². The number of allylic oxidation sites excluding steroid dienone is 2. The monoisotopic (exact) mass is 466 g/mol. The molecule has 2 aromatic carbocycles. The van der Waals surface area contributed by atoms with Crippen LogP contribution < -0.4 is 0 Å². The summed E-state index contributed by atoms with van der Waals surface area (Å²) in [6.45, 7) is 4.27. The van der Waals surface area contributed by atoms with Gasteiger partial charge in [-0.25, -0.2) is 8.78 Å². The molecule has 0 radical (unpaired) electrons. The summed E-state index contributed by atoms with van der Waals surface area (Å²) >= 11 is 0. The van der Waals surface area contributed by atoms with Gasteiger partial charge in [-0.3, -0.25) is 0 Å². The molecule has 0 aromatic heterocycles. The van der Waals surface area contributed by atoms with E-state index in [1.165, 1.54) is 64.2 Å². The van der Waals surface area contributed by atoms with Crippen LogP contribution in [0.25, 0.3) is 10.8 Å². The van der Waals surface area contributed by atoms with E-state index >= 15 is 4.39 Å². The third kappa shape index (κ3) is 6.10. The first-order valence-corrected chi connectivity index (χ1v) is 14.1. The molecule has 4 rings (SSSR count). The Hall–Kier alpha value is -1.70. The zero-order valence-corrected chi connectivity index (χ0v) is 21.4. The minimum absolute atomic E-state index is 0.196. The van der Waals surface area contributed by atoms with E-state index in [9.17, 15) is 4.39 Å². The van der Waals surface area contributed by atoms with Crippen molar-refractivity contribution in [3.8, 4) is 0 Å². The van der Waals surface area contributed by atoms with Gasteiger partial charge < -0.3 is 0 Å². The highest BCUT2D eigenvalue weighted by atomic mass is 19.1. The zero-order valence-electron chi connectivity index (χ0n) is 21.4. The van der Waals surface area contributed by atoms with E-state index in [2.05, 4.69) is 13.0 Å². The molecule has 2 fully saturated rings. The summed E-state index contributed by atoms with van der Waals surface area (Å²) < 4.78 is 30.6. The van der Waals surface area contributed by atoms with Gasteiger partial charge in [0.25, 0.3) is 0 Å². The van der Waals surface area contributed by atoms with E-state index < -0.39 is 5.82 Å². The number of benzene rings is 2. The summed E-state index contributed by atoms with van der Waals surface area (Å²) in [7, 11) is 0. The van der Waals surface area contributed by atoms with Crippen LogP contribution in [0, 0.1) is 29.4 Å². The predicted octanol–water partition coefficient (Wildman–Crippen LogP) is 10.3. The molecule has 2 aliphatic rings. The Bertz CT molecular complexity index is 959. The molecule has 0 aliphatic heterocycles. The fourth-order valence-electron chi connectivity index (χ4n) is 6.89. The van der Waals surface area contributed by atoms with Crippen LogP contribution in [0.5, 0.6) is 0 Å². The number of fused-ring (bicyclic) bond motifs is 2. The molecule has 4 unspecified atom stereocenters. The van der Waals surface area contributed by atoms with Crippen LogP contribution in [0.2, 0.25) is 0 Å².